The van der Waals surface area contributed by atoms with E-state index in [1.807, 2.05) is 24.3 Å². The standard InChI is InChI=1S/C20H20N2O2S2/c23-19-17(13-5-7-15(25-13)21-9-1-2-10-21)20(24)18(19)14-6-8-16(26-14)22-11-3-4-12-22/h5-8H,1-4,9-12H2. The molecule has 0 amide bonds. The molecule has 0 saturated carbocycles. The summed E-state index contributed by atoms with van der Waals surface area (Å²) >= 11 is 3.15. The highest BCUT2D eigenvalue weighted by Crippen LogP contribution is 2.44. The van der Waals surface area contributed by atoms with Gasteiger partial charge in [-0.1, -0.05) is 5.76 Å². The number of ketones is 1. The molecule has 0 spiro atoms. The molecule has 0 unspecified atom stereocenters. The van der Waals surface area contributed by atoms with Crippen molar-refractivity contribution < 1.29 is 14.5 Å². The van der Waals surface area contributed by atoms with Gasteiger partial charge in [-0.05, 0) is 42.8 Å². The summed E-state index contributed by atoms with van der Waals surface area (Å²) in [5.41, 5.74) is 0.762. The lowest BCUT2D eigenvalue weighted by molar-refractivity contribution is -0.502. The van der Waals surface area contributed by atoms with Crippen molar-refractivity contribution in [3.63, 3.8) is 0 Å². The number of allylic oxidation sites excluding steroid dienone is 3. The summed E-state index contributed by atoms with van der Waals surface area (Å²) in [6, 6.07) is 3.98. The maximum atomic E-state index is 12.7. The van der Waals surface area contributed by atoms with Crippen molar-refractivity contribution in [1.29, 1.82) is 0 Å². The van der Waals surface area contributed by atoms with Crippen LogP contribution in [0, 0.1) is 0 Å². The summed E-state index contributed by atoms with van der Waals surface area (Å²) in [7, 11) is 0. The number of anilines is 1. The van der Waals surface area contributed by atoms with E-state index in [1.165, 1.54) is 35.7 Å². The van der Waals surface area contributed by atoms with Gasteiger partial charge in [0, 0.05) is 52.9 Å². The molecule has 4 heterocycles. The first-order valence-electron chi connectivity index (χ1n) is 9.26. The van der Waals surface area contributed by atoms with E-state index in [0.717, 1.165) is 36.0 Å². The molecule has 6 heteroatoms. The number of thiophene rings is 1. The van der Waals surface area contributed by atoms with Gasteiger partial charge >= 0.3 is 0 Å². The van der Waals surface area contributed by atoms with Gasteiger partial charge in [-0.3, -0.25) is 4.79 Å². The van der Waals surface area contributed by atoms with Crippen LogP contribution in [0.1, 0.15) is 30.6 Å². The van der Waals surface area contributed by atoms with Gasteiger partial charge in [-0.2, -0.15) is 0 Å². The molecule has 0 N–H and O–H groups in total. The largest absolute Gasteiger partial charge is 0.871 e. The fourth-order valence-electron chi connectivity index (χ4n) is 3.98. The Labute approximate surface area is 161 Å². The van der Waals surface area contributed by atoms with E-state index in [1.54, 1.807) is 23.1 Å². The molecule has 1 aromatic heterocycles. The summed E-state index contributed by atoms with van der Waals surface area (Å²) in [6.07, 6.45) is 8.86. The maximum absolute atomic E-state index is 12.7. The second-order valence-corrected chi connectivity index (χ2v) is 9.20. The van der Waals surface area contributed by atoms with Gasteiger partial charge in [-0.25, -0.2) is 4.58 Å². The molecule has 2 fully saturated rings. The van der Waals surface area contributed by atoms with Crippen LogP contribution in [-0.2, 0) is 4.79 Å². The second-order valence-electron chi connectivity index (χ2n) is 7.07. The number of nitrogens with zero attached hydrogens (tertiary/aromatic N) is 2. The molecule has 0 atom stereocenters. The highest BCUT2D eigenvalue weighted by Gasteiger charge is 2.34. The molecule has 3 aliphatic heterocycles. The lowest BCUT2D eigenvalue weighted by Gasteiger charge is -2.30. The first-order valence-corrected chi connectivity index (χ1v) is 10.9. The number of Topliss-reactive ketones (excluding diaryl/α,β-unsaturated/α-hetero) is 1. The van der Waals surface area contributed by atoms with Gasteiger partial charge in [0.2, 0.25) is 5.04 Å². The zero-order chi connectivity index (χ0) is 17.7. The molecule has 1 aromatic rings. The van der Waals surface area contributed by atoms with Crippen molar-refractivity contribution in [3.05, 3.63) is 45.4 Å². The summed E-state index contributed by atoms with van der Waals surface area (Å²) < 4.78 is 2.34. The average molecular weight is 385 g/mol. The molecule has 0 bridgehead atoms. The zero-order valence-corrected chi connectivity index (χ0v) is 16.1. The van der Waals surface area contributed by atoms with E-state index in [0.29, 0.717) is 11.1 Å². The highest BCUT2D eigenvalue weighted by atomic mass is 32.2. The van der Waals surface area contributed by atoms with Crippen LogP contribution >= 0.6 is 23.1 Å². The Morgan fingerprint density at radius 2 is 1.77 bits per heavy atom. The summed E-state index contributed by atoms with van der Waals surface area (Å²) in [6.45, 7) is 4.29. The number of rotatable bonds is 2. The van der Waals surface area contributed by atoms with Crippen molar-refractivity contribution in [3.8, 4) is 0 Å². The van der Waals surface area contributed by atoms with E-state index in [4.69, 9.17) is 0 Å². The van der Waals surface area contributed by atoms with Crippen molar-refractivity contribution in [1.82, 2.24) is 0 Å². The Morgan fingerprint density at radius 3 is 2.50 bits per heavy atom. The normalized spacial score (nSPS) is 25.8. The van der Waals surface area contributed by atoms with Crippen LogP contribution in [0.4, 0.5) is 5.00 Å². The van der Waals surface area contributed by atoms with E-state index < -0.39 is 0 Å². The number of thioether (sulfide) groups is 1. The minimum Gasteiger partial charge on any atom is -0.871 e. The van der Waals surface area contributed by atoms with Gasteiger partial charge in [-0.15, -0.1) is 11.3 Å². The molecule has 4 nitrogen and oxygen atoms in total. The first kappa shape index (κ1) is 16.4. The van der Waals surface area contributed by atoms with Gasteiger partial charge in [0.15, 0.2) is 5.78 Å². The Bertz CT molecular complexity index is 906. The first-order chi connectivity index (χ1) is 12.7. The van der Waals surface area contributed by atoms with Gasteiger partial charge < -0.3 is 10.0 Å². The third kappa shape index (κ3) is 2.58. The van der Waals surface area contributed by atoms with Crippen LogP contribution in [0.25, 0.3) is 5.57 Å². The maximum Gasteiger partial charge on any atom is 0.239 e. The van der Waals surface area contributed by atoms with Gasteiger partial charge in [0.1, 0.15) is 13.1 Å². The van der Waals surface area contributed by atoms with Crippen LogP contribution in [-0.4, -0.2) is 41.6 Å². The molecule has 5 rings (SSSR count). The van der Waals surface area contributed by atoms with Crippen molar-refractivity contribution in [2.75, 3.05) is 31.1 Å². The molecule has 2 saturated heterocycles. The molecule has 26 heavy (non-hydrogen) atoms. The Kier molecular flexibility index (Phi) is 4.05. The topological polar surface area (TPSA) is 46.4 Å². The fourth-order valence-corrected chi connectivity index (χ4v) is 6.17. The summed E-state index contributed by atoms with van der Waals surface area (Å²) in [5, 5.41) is 15.1. The minimum absolute atomic E-state index is 0.0837. The summed E-state index contributed by atoms with van der Waals surface area (Å²) in [5.74, 6) is -0.167. The Hall–Kier alpha value is -1.79. The molecule has 0 aromatic carbocycles. The van der Waals surface area contributed by atoms with E-state index in [-0.39, 0.29) is 11.5 Å². The SMILES string of the molecule is O=C1C(c2ccc(N3CCCC3)s2)=C([O-])/C1=C1/C=CC(=[N+]2CCCC2)S1. The van der Waals surface area contributed by atoms with Crippen molar-refractivity contribution in [2.24, 2.45) is 0 Å². The number of carbonyl (C=O) groups excluding carboxylic acids is 1. The quantitative estimate of drug-likeness (QED) is 0.581. The zero-order valence-electron chi connectivity index (χ0n) is 14.5. The highest BCUT2D eigenvalue weighted by molar-refractivity contribution is 8.18. The molecule has 0 radical (unpaired) electrons. The second kappa shape index (κ2) is 6.43. The Balaban J connectivity index is 1.42. The molecule has 1 aliphatic carbocycles. The lowest BCUT2D eigenvalue weighted by Crippen LogP contribution is -2.29. The molecule has 134 valence electrons. The third-order valence-electron chi connectivity index (χ3n) is 5.42. The van der Waals surface area contributed by atoms with Crippen LogP contribution in [0.5, 0.6) is 0 Å². The van der Waals surface area contributed by atoms with Crippen LogP contribution in [0.3, 0.4) is 0 Å². The lowest BCUT2D eigenvalue weighted by atomic mass is 9.86. The van der Waals surface area contributed by atoms with Gasteiger partial charge in [0.25, 0.3) is 0 Å². The fraction of sp³-hybridized carbons (Fsp3) is 0.400. The predicted octanol–water partition coefficient (Wildman–Crippen LogP) is 2.76. The molecule has 4 aliphatic rings. The summed E-state index contributed by atoms with van der Waals surface area (Å²) in [4.78, 5) is 16.7. The van der Waals surface area contributed by atoms with Crippen LogP contribution < -0.4 is 10.0 Å². The van der Waals surface area contributed by atoms with Crippen LogP contribution in [0.15, 0.2) is 40.5 Å². The van der Waals surface area contributed by atoms with E-state index in [2.05, 4.69) is 9.48 Å². The number of hydrogen-bond acceptors (Lipinski definition) is 5. The minimum atomic E-state index is -0.0837. The number of carbonyl (C=O) groups is 1. The molecular formula is C20H20N2O2S2. The van der Waals surface area contributed by atoms with Gasteiger partial charge in [0.05, 0.1) is 5.00 Å². The van der Waals surface area contributed by atoms with Crippen LogP contribution in [0.2, 0.25) is 0 Å². The monoisotopic (exact) mass is 384 g/mol. The molecular weight excluding hydrogens is 364 g/mol. The Morgan fingerprint density at radius 1 is 1.00 bits per heavy atom. The van der Waals surface area contributed by atoms with Crippen molar-refractivity contribution >= 4 is 44.5 Å². The average Bonchev–Trinajstić information content (AvgIpc) is 3.40. The number of hydrogen-bond donors (Lipinski definition) is 0. The van der Waals surface area contributed by atoms with E-state index >= 15 is 0 Å². The predicted molar refractivity (Wildman–Crippen MR) is 106 cm³/mol. The third-order valence-corrected chi connectivity index (χ3v) is 7.75. The smallest absolute Gasteiger partial charge is 0.239 e. The van der Waals surface area contributed by atoms with Crippen molar-refractivity contribution in [2.45, 2.75) is 25.7 Å². The van der Waals surface area contributed by atoms with E-state index in [9.17, 15) is 9.90 Å².